The van der Waals surface area contributed by atoms with E-state index < -0.39 is 0 Å². The highest BCUT2D eigenvalue weighted by Crippen LogP contribution is 2.21. The minimum atomic E-state index is 0.111. The van der Waals surface area contributed by atoms with Crippen LogP contribution >= 0.6 is 0 Å². The normalized spacial score (nSPS) is 11.3. The fourth-order valence-corrected chi connectivity index (χ4v) is 2.07. The first kappa shape index (κ1) is 14.6. The number of hydrogen-bond acceptors (Lipinski definition) is 2. The van der Waals surface area contributed by atoms with Gasteiger partial charge >= 0.3 is 0 Å². The summed E-state index contributed by atoms with van der Waals surface area (Å²) in [7, 11) is 0. The molecule has 20 heavy (non-hydrogen) atoms. The van der Waals surface area contributed by atoms with E-state index in [1.54, 1.807) is 0 Å². The predicted octanol–water partition coefficient (Wildman–Crippen LogP) is 3.67. The highest BCUT2D eigenvalue weighted by molar-refractivity contribution is 5.52. The summed E-state index contributed by atoms with van der Waals surface area (Å²) < 4.78 is 0. The zero-order valence-corrected chi connectivity index (χ0v) is 12.4. The Kier molecular flexibility index (Phi) is 4.80. The van der Waals surface area contributed by atoms with Gasteiger partial charge in [-0.25, -0.2) is 0 Å². The quantitative estimate of drug-likeness (QED) is 0.839. The van der Waals surface area contributed by atoms with E-state index in [1.165, 1.54) is 16.8 Å². The molecular formula is C18H24N2. The van der Waals surface area contributed by atoms with Gasteiger partial charge in [-0.05, 0) is 35.6 Å². The molecular weight excluding hydrogens is 244 g/mol. The summed E-state index contributed by atoms with van der Waals surface area (Å²) in [5.41, 5.74) is 9.77. The maximum atomic E-state index is 5.79. The molecule has 0 fully saturated rings. The molecule has 0 saturated carbocycles. The van der Waals surface area contributed by atoms with E-state index in [4.69, 9.17) is 5.73 Å². The van der Waals surface area contributed by atoms with Crippen LogP contribution in [0.4, 0.5) is 5.69 Å². The highest BCUT2D eigenvalue weighted by Gasteiger charge is 2.15. The van der Waals surface area contributed by atoms with E-state index in [0.29, 0.717) is 6.54 Å². The standard InChI is InChI=1S/C18H24N2/c1-18(2,13-19)14-20-17-11-7-6-10-16(17)12-15-8-4-3-5-9-15/h3-11,20H,12-14,19H2,1-2H3. The number of hydrogen-bond donors (Lipinski definition) is 2. The number of anilines is 1. The Labute approximate surface area is 122 Å². The third-order valence-electron chi connectivity index (χ3n) is 3.56. The summed E-state index contributed by atoms with van der Waals surface area (Å²) in [6.45, 7) is 5.93. The van der Waals surface area contributed by atoms with E-state index in [0.717, 1.165) is 13.0 Å². The van der Waals surface area contributed by atoms with Crippen molar-refractivity contribution >= 4 is 5.69 Å². The van der Waals surface area contributed by atoms with Gasteiger partial charge in [-0.3, -0.25) is 0 Å². The van der Waals surface area contributed by atoms with Crippen LogP contribution in [0.1, 0.15) is 25.0 Å². The molecule has 0 unspecified atom stereocenters. The first-order valence-electron chi connectivity index (χ1n) is 7.16. The lowest BCUT2D eigenvalue weighted by atomic mass is 9.93. The second kappa shape index (κ2) is 6.58. The van der Waals surface area contributed by atoms with Crippen molar-refractivity contribution in [1.82, 2.24) is 0 Å². The Balaban J connectivity index is 2.10. The summed E-state index contributed by atoms with van der Waals surface area (Å²) in [5, 5.41) is 3.54. The molecule has 0 aliphatic rings. The minimum Gasteiger partial charge on any atom is -0.384 e. The Morgan fingerprint density at radius 2 is 1.60 bits per heavy atom. The van der Waals surface area contributed by atoms with Crippen molar-refractivity contribution in [3.05, 3.63) is 65.7 Å². The molecule has 106 valence electrons. The summed E-state index contributed by atoms with van der Waals surface area (Å²) in [4.78, 5) is 0. The Hall–Kier alpha value is -1.80. The SMILES string of the molecule is CC(C)(CN)CNc1ccccc1Cc1ccccc1. The lowest BCUT2D eigenvalue weighted by Gasteiger charge is -2.24. The van der Waals surface area contributed by atoms with Crippen molar-refractivity contribution in [2.75, 3.05) is 18.4 Å². The number of nitrogens with one attached hydrogen (secondary N) is 1. The number of rotatable bonds is 6. The molecule has 0 atom stereocenters. The van der Waals surface area contributed by atoms with E-state index in [2.05, 4.69) is 73.8 Å². The fraction of sp³-hybridized carbons (Fsp3) is 0.333. The summed E-state index contributed by atoms with van der Waals surface area (Å²) in [5.74, 6) is 0. The molecule has 0 saturated heterocycles. The third-order valence-corrected chi connectivity index (χ3v) is 3.56. The van der Waals surface area contributed by atoms with Crippen molar-refractivity contribution in [3.8, 4) is 0 Å². The van der Waals surface area contributed by atoms with Gasteiger partial charge in [0.1, 0.15) is 0 Å². The molecule has 2 rings (SSSR count). The Morgan fingerprint density at radius 3 is 2.30 bits per heavy atom. The average molecular weight is 268 g/mol. The first-order valence-corrected chi connectivity index (χ1v) is 7.16. The Bertz CT molecular complexity index is 532. The first-order chi connectivity index (χ1) is 9.61. The highest BCUT2D eigenvalue weighted by atomic mass is 14.9. The van der Waals surface area contributed by atoms with Gasteiger partial charge in [0.2, 0.25) is 0 Å². The van der Waals surface area contributed by atoms with E-state index >= 15 is 0 Å². The van der Waals surface area contributed by atoms with Crippen LogP contribution in [0.25, 0.3) is 0 Å². The maximum Gasteiger partial charge on any atom is 0.0376 e. The molecule has 2 heteroatoms. The second-order valence-corrected chi connectivity index (χ2v) is 6.04. The molecule has 2 nitrogen and oxygen atoms in total. The molecule has 0 spiro atoms. The molecule has 2 aromatic carbocycles. The van der Waals surface area contributed by atoms with Gasteiger partial charge < -0.3 is 11.1 Å². The van der Waals surface area contributed by atoms with Crippen molar-refractivity contribution in [2.45, 2.75) is 20.3 Å². The van der Waals surface area contributed by atoms with Crippen LogP contribution in [-0.4, -0.2) is 13.1 Å². The molecule has 0 bridgehead atoms. The zero-order chi connectivity index (χ0) is 14.4. The van der Waals surface area contributed by atoms with E-state index in [-0.39, 0.29) is 5.41 Å². The van der Waals surface area contributed by atoms with Crippen molar-refractivity contribution in [1.29, 1.82) is 0 Å². The number of para-hydroxylation sites is 1. The zero-order valence-electron chi connectivity index (χ0n) is 12.4. The predicted molar refractivity (Wildman–Crippen MR) is 87.0 cm³/mol. The average Bonchev–Trinajstić information content (AvgIpc) is 2.47. The Morgan fingerprint density at radius 1 is 0.950 bits per heavy atom. The van der Waals surface area contributed by atoms with Crippen LogP contribution in [0.2, 0.25) is 0 Å². The van der Waals surface area contributed by atoms with E-state index in [1.807, 2.05) is 0 Å². The number of nitrogens with two attached hydrogens (primary N) is 1. The molecule has 2 aromatic rings. The molecule has 0 amide bonds. The van der Waals surface area contributed by atoms with Gasteiger partial charge in [-0.2, -0.15) is 0 Å². The second-order valence-electron chi connectivity index (χ2n) is 6.04. The smallest absolute Gasteiger partial charge is 0.0376 e. The lowest BCUT2D eigenvalue weighted by molar-refractivity contribution is 0.405. The van der Waals surface area contributed by atoms with Gasteiger partial charge in [0.25, 0.3) is 0 Å². The fourth-order valence-electron chi connectivity index (χ4n) is 2.07. The molecule has 0 heterocycles. The largest absolute Gasteiger partial charge is 0.384 e. The molecule has 0 radical (unpaired) electrons. The van der Waals surface area contributed by atoms with Gasteiger partial charge in [0.05, 0.1) is 0 Å². The minimum absolute atomic E-state index is 0.111. The third kappa shape index (κ3) is 4.10. The van der Waals surface area contributed by atoms with Crippen LogP contribution in [-0.2, 0) is 6.42 Å². The molecule has 0 aliphatic carbocycles. The lowest BCUT2D eigenvalue weighted by Crippen LogP contribution is -2.31. The molecule has 0 aliphatic heterocycles. The van der Waals surface area contributed by atoms with Gasteiger partial charge in [-0.1, -0.05) is 62.4 Å². The van der Waals surface area contributed by atoms with Crippen molar-refractivity contribution in [2.24, 2.45) is 11.1 Å². The van der Waals surface area contributed by atoms with Crippen molar-refractivity contribution in [3.63, 3.8) is 0 Å². The summed E-state index contributed by atoms with van der Waals surface area (Å²) >= 11 is 0. The topological polar surface area (TPSA) is 38.0 Å². The van der Waals surface area contributed by atoms with Gasteiger partial charge in [-0.15, -0.1) is 0 Å². The number of benzene rings is 2. The molecule has 0 aromatic heterocycles. The van der Waals surface area contributed by atoms with E-state index in [9.17, 15) is 0 Å². The van der Waals surface area contributed by atoms with Gasteiger partial charge in [0, 0.05) is 12.2 Å². The monoisotopic (exact) mass is 268 g/mol. The van der Waals surface area contributed by atoms with Crippen LogP contribution < -0.4 is 11.1 Å². The van der Waals surface area contributed by atoms with Crippen LogP contribution in [0.3, 0.4) is 0 Å². The van der Waals surface area contributed by atoms with Crippen LogP contribution in [0.5, 0.6) is 0 Å². The summed E-state index contributed by atoms with van der Waals surface area (Å²) in [6.07, 6.45) is 0.951. The molecule has 3 N–H and O–H groups in total. The van der Waals surface area contributed by atoms with Crippen LogP contribution in [0.15, 0.2) is 54.6 Å². The summed E-state index contributed by atoms with van der Waals surface area (Å²) in [6, 6.07) is 19.1. The van der Waals surface area contributed by atoms with Crippen molar-refractivity contribution < 1.29 is 0 Å². The van der Waals surface area contributed by atoms with Crippen LogP contribution in [0, 0.1) is 5.41 Å². The maximum absolute atomic E-state index is 5.79. The van der Waals surface area contributed by atoms with Gasteiger partial charge in [0.15, 0.2) is 0 Å².